The Balaban J connectivity index is 2.36. The standard InChI is InChI=1S/C19H23Cl/c1-4-19(14-20,18-8-6-5-7-9-18)13-17-11-10-15(2)16(3)12-17/h5-12H,4,13-14H2,1-3H3. The second-order valence-corrected chi connectivity index (χ2v) is 6.00. The monoisotopic (exact) mass is 286 g/mol. The molecular formula is C19H23Cl. The Morgan fingerprint density at radius 2 is 1.65 bits per heavy atom. The van der Waals surface area contributed by atoms with E-state index >= 15 is 0 Å². The molecule has 0 aliphatic heterocycles. The molecule has 0 aliphatic rings. The summed E-state index contributed by atoms with van der Waals surface area (Å²) in [6.45, 7) is 6.57. The van der Waals surface area contributed by atoms with Gasteiger partial charge in [0, 0.05) is 11.3 Å². The first-order chi connectivity index (χ1) is 9.61. The van der Waals surface area contributed by atoms with Gasteiger partial charge in [0.05, 0.1) is 0 Å². The first-order valence-corrected chi connectivity index (χ1v) is 7.82. The molecule has 2 aromatic rings. The number of rotatable bonds is 5. The molecule has 106 valence electrons. The van der Waals surface area contributed by atoms with Gasteiger partial charge in [-0.1, -0.05) is 55.5 Å². The van der Waals surface area contributed by atoms with E-state index in [1.807, 2.05) is 0 Å². The van der Waals surface area contributed by atoms with Crippen molar-refractivity contribution in [2.24, 2.45) is 0 Å². The molecule has 0 saturated heterocycles. The highest BCUT2D eigenvalue weighted by atomic mass is 35.5. The van der Waals surface area contributed by atoms with Gasteiger partial charge in [0.25, 0.3) is 0 Å². The molecule has 1 heteroatoms. The van der Waals surface area contributed by atoms with Crippen LogP contribution in [0.15, 0.2) is 48.5 Å². The van der Waals surface area contributed by atoms with Crippen LogP contribution >= 0.6 is 11.6 Å². The van der Waals surface area contributed by atoms with Crippen molar-refractivity contribution >= 4 is 11.6 Å². The summed E-state index contributed by atoms with van der Waals surface area (Å²) in [7, 11) is 0. The molecule has 1 unspecified atom stereocenters. The van der Waals surface area contributed by atoms with Gasteiger partial charge in [0.15, 0.2) is 0 Å². The summed E-state index contributed by atoms with van der Waals surface area (Å²) in [6, 6.07) is 17.4. The Hall–Kier alpha value is -1.27. The number of hydrogen-bond donors (Lipinski definition) is 0. The van der Waals surface area contributed by atoms with E-state index in [0.717, 1.165) is 12.8 Å². The second-order valence-electron chi connectivity index (χ2n) is 5.73. The average Bonchev–Trinajstić information content (AvgIpc) is 2.49. The lowest BCUT2D eigenvalue weighted by Gasteiger charge is -2.32. The largest absolute Gasteiger partial charge is 0.126 e. The third-order valence-corrected chi connectivity index (χ3v) is 4.94. The SMILES string of the molecule is CCC(CCl)(Cc1ccc(C)c(C)c1)c1ccccc1. The summed E-state index contributed by atoms with van der Waals surface area (Å²) in [5.74, 6) is 0.653. The van der Waals surface area contributed by atoms with Gasteiger partial charge in [-0.25, -0.2) is 0 Å². The van der Waals surface area contributed by atoms with Crippen molar-refractivity contribution in [1.29, 1.82) is 0 Å². The van der Waals surface area contributed by atoms with Crippen LogP contribution in [0.1, 0.15) is 35.6 Å². The Bertz CT molecular complexity index is 553. The molecule has 2 rings (SSSR count). The van der Waals surface area contributed by atoms with Crippen molar-refractivity contribution in [3.8, 4) is 0 Å². The minimum absolute atomic E-state index is 0.0323. The molecule has 0 spiro atoms. The number of benzene rings is 2. The lowest BCUT2D eigenvalue weighted by molar-refractivity contribution is 0.458. The van der Waals surface area contributed by atoms with Gasteiger partial charge >= 0.3 is 0 Å². The molecule has 0 N–H and O–H groups in total. The molecule has 0 amide bonds. The number of hydrogen-bond acceptors (Lipinski definition) is 0. The van der Waals surface area contributed by atoms with Crippen LogP contribution in [0.2, 0.25) is 0 Å². The van der Waals surface area contributed by atoms with Crippen LogP contribution in [0, 0.1) is 13.8 Å². The van der Waals surface area contributed by atoms with Crippen molar-refractivity contribution in [3.63, 3.8) is 0 Å². The maximum Gasteiger partial charge on any atom is 0.0323 e. The van der Waals surface area contributed by atoms with Crippen LogP contribution < -0.4 is 0 Å². The van der Waals surface area contributed by atoms with E-state index < -0.39 is 0 Å². The van der Waals surface area contributed by atoms with Gasteiger partial charge in [-0.2, -0.15) is 0 Å². The predicted octanol–water partition coefficient (Wildman–Crippen LogP) is 5.43. The van der Waals surface area contributed by atoms with Crippen LogP contribution in [0.4, 0.5) is 0 Å². The second kappa shape index (κ2) is 6.45. The smallest absolute Gasteiger partial charge is 0.0323 e. The quantitative estimate of drug-likeness (QED) is 0.643. The Morgan fingerprint density at radius 3 is 2.20 bits per heavy atom. The van der Waals surface area contributed by atoms with E-state index in [0.29, 0.717) is 5.88 Å². The molecule has 0 saturated carbocycles. The molecule has 0 aliphatic carbocycles. The normalized spacial score (nSPS) is 14.0. The van der Waals surface area contributed by atoms with Crippen molar-refractivity contribution in [2.45, 2.75) is 39.0 Å². The Morgan fingerprint density at radius 1 is 0.950 bits per heavy atom. The molecule has 0 radical (unpaired) electrons. The zero-order chi connectivity index (χ0) is 14.6. The summed E-state index contributed by atoms with van der Waals surface area (Å²) in [4.78, 5) is 0. The third-order valence-electron chi connectivity index (χ3n) is 4.43. The first-order valence-electron chi connectivity index (χ1n) is 7.29. The van der Waals surface area contributed by atoms with E-state index in [2.05, 4.69) is 69.3 Å². The Kier molecular flexibility index (Phi) is 4.88. The molecule has 0 nitrogen and oxygen atoms in total. The van der Waals surface area contributed by atoms with Crippen LogP contribution in [0.3, 0.4) is 0 Å². The van der Waals surface area contributed by atoms with E-state index in [1.54, 1.807) is 0 Å². The summed E-state index contributed by atoms with van der Waals surface area (Å²) in [5.41, 5.74) is 5.46. The maximum absolute atomic E-state index is 6.38. The van der Waals surface area contributed by atoms with Gasteiger partial charge < -0.3 is 0 Å². The van der Waals surface area contributed by atoms with Crippen LogP contribution in [-0.2, 0) is 11.8 Å². The molecule has 0 aromatic heterocycles. The van der Waals surface area contributed by atoms with E-state index in [-0.39, 0.29) is 5.41 Å². The van der Waals surface area contributed by atoms with Gasteiger partial charge in [0.2, 0.25) is 0 Å². The van der Waals surface area contributed by atoms with Crippen LogP contribution in [-0.4, -0.2) is 5.88 Å². The molecule has 0 heterocycles. The lowest BCUT2D eigenvalue weighted by atomic mass is 9.75. The zero-order valence-electron chi connectivity index (χ0n) is 12.6. The molecule has 1 atom stereocenters. The van der Waals surface area contributed by atoms with Gasteiger partial charge in [0.1, 0.15) is 0 Å². The molecule has 0 bridgehead atoms. The minimum atomic E-state index is 0.0323. The van der Waals surface area contributed by atoms with Crippen LogP contribution in [0.5, 0.6) is 0 Å². The molecular weight excluding hydrogens is 264 g/mol. The highest BCUT2D eigenvalue weighted by Gasteiger charge is 2.29. The molecule has 0 fully saturated rings. The van der Waals surface area contributed by atoms with Gasteiger partial charge in [-0.15, -0.1) is 11.6 Å². The fourth-order valence-corrected chi connectivity index (χ4v) is 3.18. The fraction of sp³-hybridized carbons (Fsp3) is 0.368. The zero-order valence-corrected chi connectivity index (χ0v) is 13.4. The summed E-state index contributed by atoms with van der Waals surface area (Å²) < 4.78 is 0. The minimum Gasteiger partial charge on any atom is -0.126 e. The predicted molar refractivity (Wildman–Crippen MR) is 88.8 cm³/mol. The van der Waals surface area contributed by atoms with Crippen molar-refractivity contribution < 1.29 is 0 Å². The summed E-state index contributed by atoms with van der Waals surface area (Å²) in [5, 5.41) is 0. The molecule has 2 aromatic carbocycles. The number of halogens is 1. The van der Waals surface area contributed by atoms with Crippen molar-refractivity contribution in [3.05, 3.63) is 70.8 Å². The number of alkyl halides is 1. The van der Waals surface area contributed by atoms with E-state index in [1.165, 1.54) is 22.3 Å². The van der Waals surface area contributed by atoms with Crippen molar-refractivity contribution in [1.82, 2.24) is 0 Å². The highest BCUT2D eigenvalue weighted by Crippen LogP contribution is 2.33. The van der Waals surface area contributed by atoms with E-state index in [9.17, 15) is 0 Å². The number of aryl methyl sites for hydroxylation is 2. The topological polar surface area (TPSA) is 0 Å². The fourth-order valence-electron chi connectivity index (χ4n) is 2.75. The van der Waals surface area contributed by atoms with Crippen LogP contribution in [0.25, 0.3) is 0 Å². The lowest BCUT2D eigenvalue weighted by Crippen LogP contribution is -2.30. The van der Waals surface area contributed by atoms with Crippen molar-refractivity contribution in [2.75, 3.05) is 5.88 Å². The molecule has 20 heavy (non-hydrogen) atoms. The van der Waals surface area contributed by atoms with Gasteiger partial charge in [-0.05, 0) is 48.9 Å². The maximum atomic E-state index is 6.38. The summed E-state index contributed by atoms with van der Waals surface area (Å²) in [6.07, 6.45) is 2.05. The third kappa shape index (κ3) is 3.07. The highest BCUT2D eigenvalue weighted by molar-refractivity contribution is 6.18. The Labute approximate surface area is 127 Å². The van der Waals surface area contributed by atoms with E-state index in [4.69, 9.17) is 11.6 Å². The first kappa shape index (κ1) is 15.1. The average molecular weight is 287 g/mol. The summed E-state index contributed by atoms with van der Waals surface area (Å²) >= 11 is 6.38. The van der Waals surface area contributed by atoms with Gasteiger partial charge in [-0.3, -0.25) is 0 Å².